The Bertz CT molecular complexity index is 462. The van der Waals surface area contributed by atoms with Crippen LogP contribution in [0, 0.1) is 10.1 Å². The summed E-state index contributed by atoms with van der Waals surface area (Å²) in [6.45, 7) is 0.122. The smallest absolute Gasteiger partial charge is 0.404 e. The van der Waals surface area contributed by atoms with Gasteiger partial charge in [-0.05, 0) is 6.07 Å². The third-order valence-electron chi connectivity index (χ3n) is 2.25. The Balaban J connectivity index is 2.86. The molecule has 0 aromatic heterocycles. The molecule has 8 nitrogen and oxygen atoms in total. The third-order valence-corrected chi connectivity index (χ3v) is 2.25. The first-order valence-electron chi connectivity index (χ1n) is 5.52. The van der Waals surface area contributed by atoms with Crippen LogP contribution < -0.4 is 10.1 Å². The number of aliphatic hydroxyl groups is 1. The molecule has 8 heteroatoms. The number of nitrogens with one attached hydrogen (secondary N) is 1. The van der Waals surface area contributed by atoms with Crippen LogP contribution >= 0.6 is 0 Å². The van der Waals surface area contributed by atoms with Crippen molar-refractivity contribution in [3.8, 4) is 5.75 Å². The van der Waals surface area contributed by atoms with Crippen LogP contribution in [0.1, 0.15) is 12.0 Å². The van der Waals surface area contributed by atoms with E-state index >= 15 is 0 Å². The number of amides is 1. The summed E-state index contributed by atoms with van der Waals surface area (Å²) in [5, 5.41) is 30.0. The molecule has 0 radical (unpaired) electrons. The van der Waals surface area contributed by atoms with Gasteiger partial charge in [0.25, 0.3) is 5.69 Å². The van der Waals surface area contributed by atoms with Crippen LogP contribution in [0.15, 0.2) is 18.2 Å². The number of hydrogen-bond donors (Lipinski definition) is 3. The number of aliphatic hydroxyl groups excluding tert-OH is 1. The summed E-state index contributed by atoms with van der Waals surface area (Å²) >= 11 is 0. The van der Waals surface area contributed by atoms with Gasteiger partial charge >= 0.3 is 6.09 Å². The SMILES string of the molecule is O=C(O)NCc1ccc([N+](=O)[O-])cc1OCCCO. The van der Waals surface area contributed by atoms with Crippen molar-refractivity contribution in [1.29, 1.82) is 0 Å². The number of nitro benzene ring substituents is 1. The zero-order valence-electron chi connectivity index (χ0n) is 10.0. The van der Waals surface area contributed by atoms with Gasteiger partial charge in [0.1, 0.15) is 5.75 Å². The minimum absolute atomic E-state index is 0.0121. The molecule has 1 aromatic rings. The van der Waals surface area contributed by atoms with Gasteiger partial charge in [-0.1, -0.05) is 0 Å². The molecule has 3 N–H and O–H groups in total. The molecule has 19 heavy (non-hydrogen) atoms. The molecule has 0 heterocycles. The van der Waals surface area contributed by atoms with Crippen LogP contribution in [0.3, 0.4) is 0 Å². The highest BCUT2D eigenvalue weighted by molar-refractivity contribution is 5.64. The Labute approximate surface area is 108 Å². The number of carbonyl (C=O) groups is 1. The number of ether oxygens (including phenoxy) is 1. The van der Waals surface area contributed by atoms with E-state index in [2.05, 4.69) is 5.32 Å². The van der Waals surface area contributed by atoms with Crippen molar-refractivity contribution in [2.24, 2.45) is 0 Å². The van der Waals surface area contributed by atoms with Crippen molar-refractivity contribution in [2.45, 2.75) is 13.0 Å². The Kier molecular flexibility index (Phi) is 5.55. The second-order valence-corrected chi connectivity index (χ2v) is 3.63. The monoisotopic (exact) mass is 270 g/mol. The van der Waals surface area contributed by atoms with Crippen LogP contribution in [-0.2, 0) is 6.54 Å². The molecule has 1 rings (SSSR count). The van der Waals surface area contributed by atoms with Gasteiger partial charge in [0.15, 0.2) is 0 Å². The fourth-order valence-electron chi connectivity index (χ4n) is 1.35. The summed E-state index contributed by atoms with van der Waals surface area (Å²) < 4.78 is 5.30. The quantitative estimate of drug-likeness (QED) is 0.387. The molecular weight excluding hydrogens is 256 g/mol. The first kappa shape index (κ1) is 14.7. The number of nitrogens with zero attached hydrogens (tertiary/aromatic N) is 1. The van der Waals surface area contributed by atoms with Crippen molar-refractivity contribution in [1.82, 2.24) is 5.32 Å². The van der Waals surface area contributed by atoms with Crippen molar-refractivity contribution >= 4 is 11.8 Å². The topological polar surface area (TPSA) is 122 Å². The zero-order valence-corrected chi connectivity index (χ0v) is 10.0. The normalized spacial score (nSPS) is 9.95. The predicted molar refractivity (Wildman–Crippen MR) is 65.2 cm³/mol. The summed E-state index contributed by atoms with van der Waals surface area (Å²) in [4.78, 5) is 20.5. The van der Waals surface area contributed by atoms with E-state index in [0.29, 0.717) is 12.0 Å². The molecule has 0 saturated carbocycles. The lowest BCUT2D eigenvalue weighted by atomic mass is 10.2. The van der Waals surface area contributed by atoms with Crippen LogP contribution in [0.2, 0.25) is 0 Å². The summed E-state index contributed by atoms with van der Waals surface area (Å²) in [7, 11) is 0. The molecule has 104 valence electrons. The van der Waals surface area contributed by atoms with Crippen LogP contribution in [0.25, 0.3) is 0 Å². The highest BCUT2D eigenvalue weighted by Gasteiger charge is 2.12. The lowest BCUT2D eigenvalue weighted by molar-refractivity contribution is -0.385. The van der Waals surface area contributed by atoms with Gasteiger partial charge in [-0.3, -0.25) is 10.1 Å². The number of nitro groups is 1. The number of benzene rings is 1. The summed E-state index contributed by atoms with van der Waals surface area (Å²) in [6, 6.07) is 3.94. The molecule has 1 amide bonds. The van der Waals surface area contributed by atoms with Gasteiger partial charge in [0.05, 0.1) is 17.6 Å². The van der Waals surface area contributed by atoms with E-state index < -0.39 is 11.0 Å². The van der Waals surface area contributed by atoms with E-state index in [9.17, 15) is 14.9 Å². The van der Waals surface area contributed by atoms with Crippen molar-refractivity contribution in [2.75, 3.05) is 13.2 Å². The largest absolute Gasteiger partial charge is 0.493 e. The third kappa shape index (κ3) is 4.80. The molecule has 0 aliphatic carbocycles. The highest BCUT2D eigenvalue weighted by atomic mass is 16.6. The predicted octanol–water partition coefficient (Wildman–Crippen LogP) is 1.12. The fraction of sp³-hybridized carbons (Fsp3) is 0.364. The van der Waals surface area contributed by atoms with Gasteiger partial charge in [-0.25, -0.2) is 4.79 Å². The number of rotatable bonds is 7. The minimum Gasteiger partial charge on any atom is -0.493 e. The summed E-state index contributed by atoms with van der Waals surface area (Å²) in [5.41, 5.74) is 0.351. The van der Waals surface area contributed by atoms with E-state index in [-0.39, 0.29) is 31.2 Å². The van der Waals surface area contributed by atoms with Gasteiger partial charge in [-0.15, -0.1) is 0 Å². The minimum atomic E-state index is -1.19. The van der Waals surface area contributed by atoms with Crippen molar-refractivity contribution in [3.63, 3.8) is 0 Å². The number of hydrogen-bond acceptors (Lipinski definition) is 5. The molecule has 0 aliphatic heterocycles. The van der Waals surface area contributed by atoms with Gasteiger partial charge in [-0.2, -0.15) is 0 Å². The lowest BCUT2D eigenvalue weighted by Gasteiger charge is -2.11. The molecule has 0 atom stereocenters. The van der Waals surface area contributed by atoms with Crippen LogP contribution in [0.4, 0.5) is 10.5 Å². The highest BCUT2D eigenvalue weighted by Crippen LogP contribution is 2.25. The second kappa shape index (κ2) is 7.17. The molecule has 0 aliphatic rings. The van der Waals surface area contributed by atoms with Crippen molar-refractivity contribution < 1.29 is 24.7 Å². The molecular formula is C11H14N2O6. The molecule has 0 spiro atoms. The zero-order chi connectivity index (χ0) is 14.3. The average Bonchev–Trinajstić information content (AvgIpc) is 2.37. The van der Waals surface area contributed by atoms with Crippen molar-refractivity contribution in [3.05, 3.63) is 33.9 Å². The Morgan fingerprint density at radius 1 is 1.47 bits per heavy atom. The van der Waals surface area contributed by atoms with E-state index in [1.54, 1.807) is 0 Å². The first-order valence-corrected chi connectivity index (χ1v) is 5.52. The van der Waals surface area contributed by atoms with E-state index in [4.69, 9.17) is 14.9 Å². The van der Waals surface area contributed by atoms with Gasteiger partial charge < -0.3 is 20.3 Å². The standard InChI is InChI=1S/C11H14N2O6/c14-4-1-5-19-10-6-9(13(17)18)3-2-8(10)7-12-11(15)16/h2-3,6,12,14H,1,4-5,7H2,(H,15,16). The van der Waals surface area contributed by atoms with Crippen LogP contribution in [-0.4, -0.2) is 34.4 Å². The molecule has 1 aromatic carbocycles. The Morgan fingerprint density at radius 3 is 2.79 bits per heavy atom. The van der Waals surface area contributed by atoms with Gasteiger partial charge in [0, 0.05) is 31.2 Å². The van der Waals surface area contributed by atoms with Crippen LogP contribution in [0.5, 0.6) is 5.75 Å². The van der Waals surface area contributed by atoms with Gasteiger partial charge in [0.2, 0.25) is 0 Å². The average molecular weight is 270 g/mol. The van der Waals surface area contributed by atoms with E-state index in [1.807, 2.05) is 0 Å². The number of carboxylic acid groups (broad SMARTS) is 1. The Hall–Kier alpha value is -2.35. The first-order chi connectivity index (χ1) is 9.04. The lowest BCUT2D eigenvalue weighted by Crippen LogP contribution is -2.20. The van der Waals surface area contributed by atoms with E-state index in [0.717, 1.165) is 0 Å². The maximum atomic E-state index is 10.7. The maximum Gasteiger partial charge on any atom is 0.404 e. The van der Waals surface area contributed by atoms with E-state index in [1.165, 1.54) is 18.2 Å². The molecule has 0 fully saturated rings. The molecule has 0 saturated heterocycles. The molecule has 0 unspecified atom stereocenters. The number of non-ortho nitro benzene ring substituents is 1. The second-order valence-electron chi connectivity index (χ2n) is 3.63. The Morgan fingerprint density at radius 2 is 2.21 bits per heavy atom. The molecule has 0 bridgehead atoms. The maximum absolute atomic E-state index is 10.7. The summed E-state index contributed by atoms with van der Waals surface area (Å²) in [5.74, 6) is 0.233. The summed E-state index contributed by atoms with van der Waals surface area (Å²) in [6.07, 6.45) is -0.811. The fourth-order valence-corrected chi connectivity index (χ4v) is 1.35.